The van der Waals surface area contributed by atoms with Gasteiger partial charge in [-0.3, -0.25) is 0 Å². The summed E-state index contributed by atoms with van der Waals surface area (Å²) < 4.78 is 13.6. The van der Waals surface area contributed by atoms with Crippen LogP contribution in [0.15, 0.2) is 12.2 Å². The zero-order chi connectivity index (χ0) is 11.2. The molecule has 0 heterocycles. The first-order valence-corrected chi connectivity index (χ1v) is 7.98. The lowest BCUT2D eigenvalue weighted by molar-refractivity contribution is 0.165. The molecular formula is C15H16BrF. The molecule has 2 spiro atoms. The summed E-state index contributed by atoms with van der Waals surface area (Å²) in [4.78, 5) is 0. The first-order chi connectivity index (χ1) is 8.13. The topological polar surface area (TPSA) is 0 Å². The van der Waals surface area contributed by atoms with Gasteiger partial charge in [0.25, 0.3) is 0 Å². The molecule has 5 fully saturated rings. The summed E-state index contributed by atoms with van der Waals surface area (Å²) in [6.45, 7) is 0. The van der Waals surface area contributed by atoms with Gasteiger partial charge >= 0.3 is 0 Å². The Balaban J connectivity index is 1.57. The van der Waals surface area contributed by atoms with Gasteiger partial charge in [-0.2, -0.15) is 0 Å². The molecule has 0 aromatic rings. The van der Waals surface area contributed by atoms with E-state index in [1.165, 1.54) is 25.7 Å². The fourth-order valence-corrected chi connectivity index (χ4v) is 8.04. The highest BCUT2D eigenvalue weighted by molar-refractivity contribution is 9.10. The van der Waals surface area contributed by atoms with Crippen molar-refractivity contribution < 1.29 is 4.39 Å². The molecule has 0 aliphatic heterocycles. The number of hydrogen-bond donors (Lipinski definition) is 0. The van der Waals surface area contributed by atoms with Gasteiger partial charge in [-0.1, -0.05) is 12.2 Å². The minimum atomic E-state index is -0.973. The van der Waals surface area contributed by atoms with Crippen molar-refractivity contribution in [2.24, 2.45) is 46.3 Å². The number of rotatable bonds is 0. The summed E-state index contributed by atoms with van der Waals surface area (Å²) in [7, 11) is 0. The molecule has 2 heteroatoms. The second kappa shape index (κ2) is 2.09. The van der Waals surface area contributed by atoms with Crippen molar-refractivity contribution in [2.75, 3.05) is 0 Å². The van der Waals surface area contributed by atoms with E-state index in [0.717, 1.165) is 17.8 Å². The summed E-state index contributed by atoms with van der Waals surface area (Å²) in [5, 5.41) is 0. The van der Waals surface area contributed by atoms with E-state index in [-0.39, 0.29) is 0 Å². The summed E-state index contributed by atoms with van der Waals surface area (Å²) in [5.74, 6) is 3.91. The van der Waals surface area contributed by atoms with E-state index in [2.05, 4.69) is 28.1 Å². The Labute approximate surface area is 109 Å². The van der Waals surface area contributed by atoms with Crippen LogP contribution < -0.4 is 0 Å². The van der Waals surface area contributed by atoms with Crippen LogP contribution in [0.25, 0.3) is 0 Å². The van der Waals surface area contributed by atoms with Crippen molar-refractivity contribution in [1.82, 2.24) is 0 Å². The van der Waals surface area contributed by atoms with E-state index in [1.807, 2.05) is 0 Å². The molecule has 0 radical (unpaired) electrons. The molecule has 0 nitrogen and oxygen atoms in total. The van der Waals surface area contributed by atoms with Crippen molar-refractivity contribution in [3.05, 3.63) is 12.2 Å². The Hall–Kier alpha value is 0.150. The van der Waals surface area contributed by atoms with Crippen LogP contribution in [0.1, 0.15) is 25.7 Å². The first kappa shape index (κ1) is 9.12. The van der Waals surface area contributed by atoms with E-state index >= 15 is 0 Å². The van der Waals surface area contributed by atoms with E-state index in [1.54, 1.807) is 0 Å². The third-order valence-electron chi connectivity index (χ3n) is 7.53. The van der Waals surface area contributed by atoms with Crippen LogP contribution >= 0.6 is 15.9 Å². The average molecular weight is 295 g/mol. The van der Waals surface area contributed by atoms with Gasteiger partial charge in [0.1, 0.15) is 0 Å². The number of hydrogen-bond acceptors (Lipinski definition) is 0. The maximum atomic E-state index is 14.6. The van der Waals surface area contributed by atoms with Crippen LogP contribution in [-0.4, -0.2) is 4.58 Å². The summed E-state index contributed by atoms with van der Waals surface area (Å²) >= 11 is 3.42. The van der Waals surface area contributed by atoms with Crippen LogP contribution in [0.3, 0.4) is 0 Å². The van der Waals surface area contributed by atoms with Crippen LogP contribution in [0, 0.1) is 46.3 Å². The average Bonchev–Trinajstić information content (AvgIpc) is 3.13. The molecule has 6 aliphatic rings. The maximum absolute atomic E-state index is 14.6. The Morgan fingerprint density at radius 3 is 2.24 bits per heavy atom. The number of alkyl halides is 2. The van der Waals surface area contributed by atoms with Crippen LogP contribution in [0.2, 0.25) is 0 Å². The number of fused-ring (bicyclic) bond motifs is 7. The van der Waals surface area contributed by atoms with Gasteiger partial charge in [-0.15, -0.1) is 0 Å². The van der Waals surface area contributed by atoms with E-state index in [4.69, 9.17) is 0 Å². The van der Waals surface area contributed by atoms with E-state index < -0.39 is 4.58 Å². The Morgan fingerprint density at radius 1 is 0.941 bits per heavy atom. The minimum Gasteiger partial charge on any atom is -0.231 e. The van der Waals surface area contributed by atoms with Crippen molar-refractivity contribution in [3.63, 3.8) is 0 Å². The quantitative estimate of drug-likeness (QED) is 0.469. The summed E-state index contributed by atoms with van der Waals surface area (Å²) in [5.41, 5.74) is 1.08. The lowest BCUT2D eigenvalue weighted by atomic mass is 9.74. The second-order valence-electron chi connectivity index (χ2n) is 7.68. The Morgan fingerprint density at radius 2 is 1.59 bits per heavy atom. The molecule has 0 N–H and O–H groups in total. The van der Waals surface area contributed by atoms with Crippen molar-refractivity contribution in [1.29, 1.82) is 0 Å². The van der Waals surface area contributed by atoms with Gasteiger partial charge in [0.2, 0.25) is 0 Å². The predicted octanol–water partition coefficient (Wildman–Crippen LogP) is 3.92. The fraction of sp³-hybridized carbons (Fsp3) is 0.867. The lowest BCUT2D eigenvalue weighted by Gasteiger charge is -2.31. The van der Waals surface area contributed by atoms with Crippen molar-refractivity contribution in [3.8, 4) is 0 Å². The van der Waals surface area contributed by atoms with Crippen molar-refractivity contribution >= 4 is 15.9 Å². The van der Waals surface area contributed by atoms with Crippen LogP contribution in [0.5, 0.6) is 0 Å². The SMILES string of the molecule is F[C@]1(Br)[C@@H]2[C@H]3[C@H]([C@@H]4C=C[C@H]3C43CC3)C3(CC3)[C@@H]21. The zero-order valence-corrected chi connectivity index (χ0v) is 11.3. The largest absolute Gasteiger partial charge is 0.231 e. The molecule has 0 saturated heterocycles. The highest BCUT2D eigenvalue weighted by Gasteiger charge is 2.90. The summed E-state index contributed by atoms with van der Waals surface area (Å²) in [6, 6.07) is 0. The van der Waals surface area contributed by atoms with E-state index in [0.29, 0.717) is 28.6 Å². The molecule has 6 rings (SSSR count). The van der Waals surface area contributed by atoms with Crippen LogP contribution in [-0.2, 0) is 0 Å². The number of halogens is 2. The van der Waals surface area contributed by atoms with Gasteiger partial charge in [-0.25, -0.2) is 4.39 Å². The predicted molar refractivity (Wildman–Crippen MR) is 66.2 cm³/mol. The Bertz CT molecular complexity index is 485. The molecule has 0 unspecified atom stereocenters. The molecule has 90 valence electrons. The zero-order valence-electron chi connectivity index (χ0n) is 9.70. The summed E-state index contributed by atoms with van der Waals surface area (Å²) in [6.07, 6.45) is 10.5. The lowest BCUT2D eigenvalue weighted by Crippen LogP contribution is -2.29. The molecule has 17 heavy (non-hydrogen) atoms. The highest BCUT2D eigenvalue weighted by atomic mass is 79.9. The van der Waals surface area contributed by atoms with Gasteiger partial charge in [-0.05, 0) is 76.1 Å². The molecule has 0 aromatic carbocycles. The second-order valence-corrected chi connectivity index (χ2v) is 8.90. The Kier molecular flexibility index (Phi) is 1.12. The maximum Gasteiger partial charge on any atom is 0.172 e. The van der Waals surface area contributed by atoms with Crippen molar-refractivity contribution in [2.45, 2.75) is 30.3 Å². The highest BCUT2D eigenvalue weighted by Crippen LogP contribution is 2.92. The third kappa shape index (κ3) is 0.676. The molecule has 0 aromatic heterocycles. The molecular weight excluding hydrogens is 279 g/mol. The molecule has 0 amide bonds. The minimum absolute atomic E-state index is 0.368. The molecule has 2 bridgehead atoms. The van der Waals surface area contributed by atoms with Gasteiger partial charge < -0.3 is 0 Å². The van der Waals surface area contributed by atoms with Gasteiger partial charge in [0.05, 0.1) is 0 Å². The monoisotopic (exact) mass is 294 g/mol. The number of allylic oxidation sites excluding steroid dienone is 2. The normalized spacial score (nSPS) is 68.6. The first-order valence-electron chi connectivity index (χ1n) is 7.19. The smallest absolute Gasteiger partial charge is 0.172 e. The van der Waals surface area contributed by atoms with Crippen LogP contribution in [0.4, 0.5) is 4.39 Å². The molecule has 5 saturated carbocycles. The molecule has 7 atom stereocenters. The molecule has 6 aliphatic carbocycles. The third-order valence-corrected chi connectivity index (χ3v) is 8.55. The fourth-order valence-electron chi connectivity index (χ4n) is 6.86. The van der Waals surface area contributed by atoms with Gasteiger partial charge in [0, 0.05) is 11.8 Å². The van der Waals surface area contributed by atoms with Gasteiger partial charge in [0.15, 0.2) is 4.58 Å². The standard InChI is InChI=1S/C15H16BrF/c16-15(17)11-9-7-1-2-8(13(7)3-4-13)10(9)14(5-6-14)12(11)15/h1-2,7-12H,3-6H2/t7-,8+,9-,10+,11-,12-,15-/m1/s1. The van der Waals surface area contributed by atoms with E-state index in [9.17, 15) is 4.39 Å².